The Morgan fingerprint density at radius 1 is 0.247 bits per heavy atom. The van der Waals surface area contributed by atoms with Gasteiger partial charge in [-0.3, -0.25) is 14.4 Å². The molecule has 0 aliphatic rings. The number of hydrogen-bond donors (Lipinski definition) is 0. The molecule has 0 saturated heterocycles. The van der Waals surface area contributed by atoms with Crippen molar-refractivity contribution in [2.75, 3.05) is 13.2 Å². The summed E-state index contributed by atoms with van der Waals surface area (Å²) in [6, 6.07) is 0. The third-order valence-electron chi connectivity index (χ3n) is 16.3. The molecule has 0 rings (SSSR count). The fraction of sp³-hybridized carbons (Fsp3) is 0.930. The number of esters is 3. The molecule has 1 unspecified atom stereocenters. The lowest BCUT2D eigenvalue weighted by Crippen LogP contribution is -2.30. The first-order valence-corrected chi connectivity index (χ1v) is 35.2. The second-order valence-corrected chi connectivity index (χ2v) is 24.2. The van der Waals surface area contributed by atoms with Crippen molar-refractivity contribution in [1.82, 2.24) is 0 Å². The van der Waals surface area contributed by atoms with Crippen LogP contribution in [0.1, 0.15) is 406 Å². The van der Waals surface area contributed by atoms with Gasteiger partial charge in [0.05, 0.1) is 0 Å². The van der Waals surface area contributed by atoms with E-state index in [4.69, 9.17) is 14.2 Å². The lowest BCUT2D eigenvalue weighted by molar-refractivity contribution is -0.167. The molecule has 0 heterocycles. The summed E-state index contributed by atoms with van der Waals surface area (Å²) in [7, 11) is 0. The van der Waals surface area contributed by atoms with E-state index in [0.717, 1.165) is 57.8 Å². The first kappa shape index (κ1) is 75.2. The second-order valence-electron chi connectivity index (χ2n) is 24.2. The van der Waals surface area contributed by atoms with Crippen molar-refractivity contribution < 1.29 is 28.6 Å². The number of carbonyl (C=O) groups is 3. The molecular formula is C71H136O6. The van der Waals surface area contributed by atoms with Crippen LogP contribution >= 0.6 is 0 Å². The summed E-state index contributed by atoms with van der Waals surface area (Å²) >= 11 is 0. The monoisotopic (exact) mass is 1090 g/mol. The molecular weight excluding hydrogens is 949 g/mol. The standard InChI is InChI=1S/C71H136O6/c1-4-7-10-13-16-18-20-22-24-26-28-30-32-34-35-37-38-40-42-44-46-48-50-52-55-58-61-64-70(73)76-67-68(66-75-69(72)63-60-57-54-15-12-9-6-3)77-71(74)65-62-59-56-53-51-49-47-45-43-41-39-36-33-31-29-27-25-23-21-19-17-14-11-8-5-2/h26,28,68H,4-25,27,29-67H2,1-3H3/b28-26-. The minimum absolute atomic E-state index is 0.0634. The smallest absolute Gasteiger partial charge is 0.306 e. The molecule has 1 atom stereocenters. The number of hydrogen-bond acceptors (Lipinski definition) is 6. The van der Waals surface area contributed by atoms with Gasteiger partial charge in [-0.15, -0.1) is 0 Å². The summed E-state index contributed by atoms with van der Waals surface area (Å²) in [5.41, 5.74) is 0. The summed E-state index contributed by atoms with van der Waals surface area (Å²) in [5.74, 6) is -0.838. The van der Waals surface area contributed by atoms with Gasteiger partial charge in [-0.25, -0.2) is 0 Å². The molecule has 0 aromatic rings. The van der Waals surface area contributed by atoms with Crippen molar-refractivity contribution >= 4 is 17.9 Å². The Balaban J connectivity index is 4.01. The Morgan fingerprint density at radius 3 is 0.649 bits per heavy atom. The molecule has 0 aliphatic carbocycles. The first-order valence-electron chi connectivity index (χ1n) is 35.2. The zero-order valence-electron chi connectivity index (χ0n) is 52.5. The molecule has 0 radical (unpaired) electrons. The summed E-state index contributed by atoms with van der Waals surface area (Å²) in [5, 5.41) is 0. The van der Waals surface area contributed by atoms with Crippen molar-refractivity contribution in [3.8, 4) is 0 Å². The number of unbranched alkanes of at least 4 members (excludes halogenated alkanes) is 53. The van der Waals surface area contributed by atoms with Crippen molar-refractivity contribution in [2.24, 2.45) is 0 Å². The normalized spacial score (nSPS) is 12.0. The van der Waals surface area contributed by atoms with Crippen molar-refractivity contribution in [3.05, 3.63) is 12.2 Å². The van der Waals surface area contributed by atoms with Crippen LogP contribution in [0.15, 0.2) is 12.2 Å². The Morgan fingerprint density at radius 2 is 0.429 bits per heavy atom. The average Bonchev–Trinajstić information content (AvgIpc) is 3.43. The van der Waals surface area contributed by atoms with Crippen molar-refractivity contribution in [1.29, 1.82) is 0 Å². The quantitative estimate of drug-likeness (QED) is 0.0261. The van der Waals surface area contributed by atoms with E-state index in [1.54, 1.807) is 0 Å². The van der Waals surface area contributed by atoms with Crippen LogP contribution in [0.25, 0.3) is 0 Å². The highest BCUT2D eigenvalue weighted by Crippen LogP contribution is 2.19. The highest BCUT2D eigenvalue weighted by molar-refractivity contribution is 5.71. The topological polar surface area (TPSA) is 78.9 Å². The number of carbonyl (C=O) groups excluding carboxylic acids is 3. The van der Waals surface area contributed by atoms with Crippen molar-refractivity contribution in [3.63, 3.8) is 0 Å². The predicted octanol–water partition coefficient (Wildman–Crippen LogP) is 24.0. The maximum Gasteiger partial charge on any atom is 0.306 e. The molecule has 6 nitrogen and oxygen atoms in total. The van der Waals surface area contributed by atoms with Crippen LogP contribution in [0.2, 0.25) is 0 Å². The van der Waals surface area contributed by atoms with Crippen molar-refractivity contribution in [2.45, 2.75) is 412 Å². The van der Waals surface area contributed by atoms with E-state index in [1.807, 2.05) is 0 Å². The third-order valence-corrected chi connectivity index (χ3v) is 16.3. The van der Waals surface area contributed by atoms with Crippen LogP contribution in [-0.2, 0) is 28.6 Å². The summed E-state index contributed by atoms with van der Waals surface area (Å²) < 4.78 is 16.9. The van der Waals surface area contributed by atoms with Crippen LogP contribution in [0.5, 0.6) is 0 Å². The van der Waals surface area contributed by atoms with Gasteiger partial charge in [0.15, 0.2) is 6.10 Å². The Kier molecular flexibility index (Phi) is 65.1. The zero-order valence-corrected chi connectivity index (χ0v) is 52.5. The molecule has 0 fully saturated rings. The molecule has 0 aromatic heterocycles. The summed E-state index contributed by atoms with van der Waals surface area (Å²) in [4.78, 5) is 38.2. The largest absolute Gasteiger partial charge is 0.462 e. The SMILES string of the molecule is CCCCCCCCCC/C=C\CCCCCCCCCCCCCCCCCC(=O)OCC(COC(=O)CCCCCCCCC)OC(=O)CCCCCCCCCCCCCCCCCCCCCCCCCCC. The fourth-order valence-electron chi connectivity index (χ4n) is 11.0. The highest BCUT2D eigenvalue weighted by Gasteiger charge is 2.19. The van der Waals surface area contributed by atoms with Gasteiger partial charge in [0.2, 0.25) is 0 Å². The van der Waals surface area contributed by atoms with E-state index < -0.39 is 6.10 Å². The number of allylic oxidation sites excluding steroid dienone is 2. The van der Waals surface area contributed by atoms with E-state index in [9.17, 15) is 14.4 Å². The van der Waals surface area contributed by atoms with Crippen LogP contribution in [-0.4, -0.2) is 37.2 Å². The average molecular weight is 1090 g/mol. The van der Waals surface area contributed by atoms with Gasteiger partial charge in [0.1, 0.15) is 13.2 Å². The van der Waals surface area contributed by atoms with Crippen LogP contribution in [0.4, 0.5) is 0 Å². The van der Waals surface area contributed by atoms with Crippen LogP contribution in [0.3, 0.4) is 0 Å². The van der Waals surface area contributed by atoms with Crippen LogP contribution in [0, 0.1) is 0 Å². The van der Waals surface area contributed by atoms with Gasteiger partial charge in [0.25, 0.3) is 0 Å². The molecule has 77 heavy (non-hydrogen) atoms. The van der Waals surface area contributed by atoms with E-state index in [2.05, 4.69) is 32.9 Å². The maximum absolute atomic E-state index is 12.9. The Hall–Kier alpha value is -1.85. The molecule has 0 aromatic carbocycles. The molecule has 6 heteroatoms. The van der Waals surface area contributed by atoms with Gasteiger partial charge >= 0.3 is 17.9 Å². The molecule has 0 amide bonds. The second kappa shape index (κ2) is 66.7. The van der Waals surface area contributed by atoms with E-state index in [-0.39, 0.29) is 31.1 Å². The fourth-order valence-corrected chi connectivity index (χ4v) is 11.0. The molecule has 0 N–H and O–H groups in total. The third kappa shape index (κ3) is 64.9. The summed E-state index contributed by atoms with van der Waals surface area (Å²) in [6.07, 6.45) is 79.9. The zero-order chi connectivity index (χ0) is 55.7. The van der Waals surface area contributed by atoms with E-state index in [0.29, 0.717) is 19.3 Å². The number of rotatable bonds is 66. The Bertz CT molecular complexity index is 1200. The summed E-state index contributed by atoms with van der Waals surface area (Å²) in [6.45, 7) is 6.68. The highest BCUT2D eigenvalue weighted by atomic mass is 16.6. The molecule has 456 valence electrons. The molecule has 0 spiro atoms. The maximum atomic E-state index is 12.9. The van der Waals surface area contributed by atoms with E-state index >= 15 is 0 Å². The van der Waals surface area contributed by atoms with Gasteiger partial charge in [-0.05, 0) is 44.9 Å². The molecule has 0 bridgehead atoms. The van der Waals surface area contributed by atoms with Gasteiger partial charge < -0.3 is 14.2 Å². The number of ether oxygens (including phenoxy) is 3. The molecule has 0 aliphatic heterocycles. The molecule has 0 saturated carbocycles. The predicted molar refractivity (Wildman–Crippen MR) is 335 cm³/mol. The van der Waals surface area contributed by atoms with Gasteiger partial charge in [-0.1, -0.05) is 354 Å². The minimum Gasteiger partial charge on any atom is -0.462 e. The van der Waals surface area contributed by atoms with Crippen LogP contribution < -0.4 is 0 Å². The minimum atomic E-state index is -0.764. The van der Waals surface area contributed by atoms with Gasteiger partial charge in [-0.2, -0.15) is 0 Å². The Labute approximate surface area is 481 Å². The lowest BCUT2D eigenvalue weighted by atomic mass is 10.0. The van der Waals surface area contributed by atoms with E-state index in [1.165, 1.54) is 308 Å². The van der Waals surface area contributed by atoms with Gasteiger partial charge in [0, 0.05) is 19.3 Å². The lowest BCUT2D eigenvalue weighted by Gasteiger charge is -2.18. The first-order chi connectivity index (χ1) is 38.0.